The molecule has 0 bridgehead atoms. The molecule has 1 saturated carbocycles. The number of aryl methyl sites for hydroxylation is 2. The van der Waals surface area contributed by atoms with Crippen LogP contribution < -0.4 is 10.6 Å². The highest BCUT2D eigenvalue weighted by Gasteiger charge is 2.36. The summed E-state index contributed by atoms with van der Waals surface area (Å²) in [6, 6.07) is 9.67. The second-order valence-corrected chi connectivity index (χ2v) is 9.58. The van der Waals surface area contributed by atoms with Crippen molar-refractivity contribution in [3.63, 3.8) is 0 Å². The first-order valence-corrected chi connectivity index (χ1v) is 10.9. The standard InChI is InChI=1S/C24H34N4O3/c1-17-14-18(2)28(27-17)15-19-8-10-20(11-9-19)21(29)26-24(12-6-7-13-24)16-25-22(30)31-23(3,4)5/h8-11,14H,6-7,12-13,15-16H2,1-5H3,(H,25,30)(H,26,29). The Morgan fingerprint density at radius 3 is 2.32 bits per heavy atom. The highest BCUT2D eigenvalue weighted by atomic mass is 16.6. The van der Waals surface area contributed by atoms with E-state index in [1.807, 2.05) is 69.6 Å². The van der Waals surface area contributed by atoms with Crippen LogP contribution in [0.3, 0.4) is 0 Å². The van der Waals surface area contributed by atoms with Gasteiger partial charge in [-0.05, 0) is 71.2 Å². The fourth-order valence-corrected chi connectivity index (χ4v) is 4.04. The molecule has 0 spiro atoms. The maximum absolute atomic E-state index is 12.9. The number of nitrogens with zero attached hydrogens (tertiary/aromatic N) is 2. The van der Waals surface area contributed by atoms with E-state index in [0.29, 0.717) is 18.7 Å². The number of hydrogen-bond acceptors (Lipinski definition) is 4. The van der Waals surface area contributed by atoms with Crippen LogP contribution in [-0.2, 0) is 11.3 Å². The van der Waals surface area contributed by atoms with E-state index in [1.54, 1.807) is 0 Å². The Labute approximate surface area is 184 Å². The minimum absolute atomic E-state index is 0.120. The Hall–Kier alpha value is -2.83. The van der Waals surface area contributed by atoms with Gasteiger partial charge in [0.05, 0.1) is 17.8 Å². The van der Waals surface area contributed by atoms with E-state index in [0.717, 1.165) is 42.6 Å². The van der Waals surface area contributed by atoms with E-state index in [9.17, 15) is 9.59 Å². The van der Waals surface area contributed by atoms with Gasteiger partial charge in [0.1, 0.15) is 5.60 Å². The molecule has 0 saturated heterocycles. The molecule has 0 radical (unpaired) electrons. The second kappa shape index (κ2) is 9.12. The average molecular weight is 427 g/mol. The molecule has 168 valence electrons. The number of benzene rings is 1. The van der Waals surface area contributed by atoms with Crippen molar-refractivity contribution >= 4 is 12.0 Å². The molecule has 1 aliphatic rings. The molecule has 7 nitrogen and oxygen atoms in total. The maximum atomic E-state index is 12.9. The lowest BCUT2D eigenvalue weighted by Crippen LogP contribution is -2.54. The van der Waals surface area contributed by atoms with Gasteiger partial charge >= 0.3 is 6.09 Å². The van der Waals surface area contributed by atoms with Gasteiger partial charge in [-0.15, -0.1) is 0 Å². The zero-order valence-corrected chi connectivity index (χ0v) is 19.2. The van der Waals surface area contributed by atoms with Crippen LogP contribution in [0.5, 0.6) is 0 Å². The van der Waals surface area contributed by atoms with Gasteiger partial charge in [0.25, 0.3) is 5.91 Å². The Kier molecular flexibility index (Phi) is 6.72. The minimum Gasteiger partial charge on any atom is -0.444 e. The van der Waals surface area contributed by atoms with Gasteiger partial charge in [-0.1, -0.05) is 25.0 Å². The summed E-state index contributed by atoms with van der Waals surface area (Å²) in [6.07, 6.45) is 3.27. The number of carbonyl (C=O) groups is 2. The van der Waals surface area contributed by atoms with Crippen molar-refractivity contribution in [3.8, 4) is 0 Å². The molecule has 2 aromatic rings. The Bertz CT molecular complexity index is 919. The Balaban J connectivity index is 1.61. The summed E-state index contributed by atoms with van der Waals surface area (Å²) in [5.74, 6) is -0.120. The van der Waals surface area contributed by atoms with Crippen LogP contribution in [0, 0.1) is 13.8 Å². The topological polar surface area (TPSA) is 85.2 Å². The number of ether oxygens (including phenoxy) is 1. The molecule has 0 atom stereocenters. The summed E-state index contributed by atoms with van der Waals surface area (Å²) in [4.78, 5) is 25.0. The van der Waals surface area contributed by atoms with Crippen LogP contribution in [0.15, 0.2) is 30.3 Å². The van der Waals surface area contributed by atoms with E-state index in [4.69, 9.17) is 4.74 Å². The average Bonchev–Trinajstić information content (AvgIpc) is 3.26. The highest BCUT2D eigenvalue weighted by Crippen LogP contribution is 2.29. The third kappa shape index (κ3) is 6.32. The molecule has 1 aromatic carbocycles. The number of amides is 2. The van der Waals surface area contributed by atoms with Crippen molar-refractivity contribution in [1.29, 1.82) is 0 Å². The van der Waals surface area contributed by atoms with Crippen LogP contribution in [0.25, 0.3) is 0 Å². The summed E-state index contributed by atoms with van der Waals surface area (Å²) in [5, 5.41) is 10.5. The first-order chi connectivity index (χ1) is 14.6. The number of rotatable bonds is 6. The van der Waals surface area contributed by atoms with Crippen LogP contribution in [-0.4, -0.2) is 39.5 Å². The zero-order valence-electron chi connectivity index (χ0n) is 19.2. The van der Waals surface area contributed by atoms with Crippen molar-refractivity contribution in [2.24, 2.45) is 0 Å². The largest absolute Gasteiger partial charge is 0.444 e. The summed E-state index contributed by atoms with van der Waals surface area (Å²) in [6.45, 7) is 10.5. The van der Waals surface area contributed by atoms with E-state index >= 15 is 0 Å². The molecule has 1 fully saturated rings. The monoisotopic (exact) mass is 426 g/mol. The normalized spacial score (nSPS) is 15.5. The van der Waals surface area contributed by atoms with Gasteiger partial charge in [0.2, 0.25) is 0 Å². The molecule has 1 aromatic heterocycles. The summed E-state index contributed by atoms with van der Waals surface area (Å²) in [7, 11) is 0. The predicted molar refractivity (Wildman–Crippen MR) is 120 cm³/mol. The van der Waals surface area contributed by atoms with Crippen LogP contribution >= 0.6 is 0 Å². The zero-order chi connectivity index (χ0) is 22.6. The van der Waals surface area contributed by atoms with E-state index < -0.39 is 17.2 Å². The lowest BCUT2D eigenvalue weighted by atomic mass is 9.96. The van der Waals surface area contributed by atoms with Gasteiger partial charge in [-0.2, -0.15) is 5.10 Å². The number of carbonyl (C=O) groups excluding carboxylic acids is 2. The van der Waals surface area contributed by atoms with Gasteiger partial charge in [0, 0.05) is 17.8 Å². The number of alkyl carbamates (subject to hydrolysis) is 1. The molecule has 3 rings (SSSR count). The van der Waals surface area contributed by atoms with Crippen LogP contribution in [0.4, 0.5) is 4.79 Å². The first-order valence-electron chi connectivity index (χ1n) is 10.9. The lowest BCUT2D eigenvalue weighted by molar-refractivity contribution is 0.0505. The molecule has 0 aliphatic heterocycles. The number of aromatic nitrogens is 2. The Morgan fingerprint density at radius 1 is 1.13 bits per heavy atom. The molecule has 1 aliphatic carbocycles. The third-order valence-corrected chi connectivity index (χ3v) is 5.56. The summed E-state index contributed by atoms with van der Waals surface area (Å²) < 4.78 is 7.29. The Morgan fingerprint density at radius 2 is 1.77 bits per heavy atom. The van der Waals surface area contributed by atoms with Gasteiger partial charge in [-0.3, -0.25) is 9.48 Å². The van der Waals surface area contributed by atoms with Gasteiger partial charge < -0.3 is 15.4 Å². The van der Waals surface area contributed by atoms with Crippen molar-refractivity contribution in [2.45, 2.75) is 78.0 Å². The first kappa shape index (κ1) is 22.8. The van der Waals surface area contributed by atoms with Crippen molar-refractivity contribution in [1.82, 2.24) is 20.4 Å². The maximum Gasteiger partial charge on any atom is 0.407 e. The van der Waals surface area contributed by atoms with Crippen LogP contribution in [0.2, 0.25) is 0 Å². The SMILES string of the molecule is Cc1cc(C)n(Cc2ccc(C(=O)NC3(CNC(=O)OC(C)(C)C)CCCC3)cc2)n1. The molecule has 31 heavy (non-hydrogen) atoms. The minimum atomic E-state index is -0.550. The quantitative estimate of drug-likeness (QED) is 0.728. The van der Waals surface area contributed by atoms with Crippen LogP contribution in [0.1, 0.15) is 73.8 Å². The smallest absolute Gasteiger partial charge is 0.407 e. The third-order valence-electron chi connectivity index (χ3n) is 5.56. The molecular formula is C24H34N4O3. The number of hydrogen-bond donors (Lipinski definition) is 2. The molecular weight excluding hydrogens is 392 g/mol. The van der Waals surface area contributed by atoms with Crippen molar-refractivity contribution in [3.05, 3.63) is 52.8 Å². The van der Waals surface area contributed by atoms with Crippen molar-refractivity contribution < 1.29 is 14.3 Å². The van der Waals surface area contributed by atoms with Crippen molar-refractivity contribution in [2.75, 3.05) is 6.54 Å². The fraction of sp³-hybridized carbons (Fsp3) is 0.542. The predicted octanol–water partition coefficient (Wildman–Crippen LogP) is 4.12. The van der Waals surface area contributed by atoms with Gasteiger partial charge in [0.15, 0.2) is 0 Å². The molecule has 7 heteroatoms. The molecule has 2 N–H and O–H groups in total. The highest BCUT2D eigenvalue weighted by molar-refractivity contribution is 5.94. The molecule has 0 unspecified atom stereocenters. The van der Waals surface area contributed by atoms with E-state index in [-0.39, 0.29) is 5.91 Å². The van der Waals surface area contributed by atoms with Gasteiger partial charge in [-0.25, -0.2) is 4.79 Å². The fourth-order valence-electron chi connectivity index (χ4n) is 4.04. The second-order valence-electron chi connectivity index (χ2n) is 9.58. The summed E-state index contributed by atoms with van der Waals surface area (Å²) >= 11 is 0. The number of nitrogens with one attached hydrogen (secondary N) is 2. The van der Waals surface area contributed by atoms with E-state index in [2.05, 4.69) is 15.7 Å². The molecule has 2 amide bonds. The van der Waals surface area contributed by atoms with E-state index in [1.165, 1.54) is 0 Å². The molecule has 1 heterocycles. The summed E-state index contributed by atoms with van der Waals surface area (Å²) in [5.41, 5.74) is 2.82. The lowest BCUT2D eigenvalue weighted by Gasteiger charge is -2.31.